The fourth-order valence-corrected chi connectivity index (χ4v) is 4.08. The van der Waals surface area contributed by atoms with Gasteiger partial charge in [0.05, 0.1) is 5.75 Å². The third-order valence-corrected chi connectivity index (χ3v) is 5.43. The van der Waals surface area contributed by atoms with Gasteiger partial charge in [-0.05, 0) is 31.7 Å². The maximum absolute atomic E-state index is 12.9. The Hall–Kier alpha value is -2.15. The molecule has 1 rings (SSSR count). The Labute approximate surface area is 150 Å². The number of hydrogen-bond acceptors (Lipinski definition) is 4. The molecular formula is C18H26N2O4S. The lowest BCUT2D eigenvalue weighted by Gasteiger charge is -2.16. The standard InChI is InChI=1S/C18H26N2O4S/c1-5-6-10-14(2)13-25(23,19-16(4)21)20-18(22)24-15(3)17-11-8-7-9-12-17/h5-9,11-12,14-15H,10,13H2,1-4H3,(H,19,20,21,22,23)/b6-5-. The molecule has 0 aromatic heterocycles. The topological polar surface area (TPSA) is 84.8 Å². The number of benzene rings is 1. The van der Waals surface area contributed by atoms with E-state index in [1.807, 2.05) is 56.3 Å². The third kappa shape index (κ3) is 7.98. The summed E-state index contributed by atoms with van der Waals surface area (Å²) in [6.07, 6.45) is 3.03. The first-order valence-corrected chi connectivity index (χ1v) is 9.84. The predicted octanol–water partition coefficient (Wildman–Crippen LogP) is 4.01. The number of allylic oxidation sites excluding steroid dienone is 2. The van der Waals surface area contributed by atoms with E-state index >= 15 is 0 Å². The number of carbonyl (C=O) groups excluding carboxylic acids is 2. The van der Waals surface area contributed by atoms with Crippen molar-refractivity contribution in [3.63, 3.8) is 0 Å². The zero-order valence-electron chi connectivity index (χ0n) is 15.1. The van der Waals surface area contributed by atoms with E-state index in [9.17, 15) is 13.8 Å². The number of carbonyl (C=O) groups is 2. The SMILES string of the molecule is C/C=C\CC(C)CS(=O)(=NC(=O)OC(C)c1ccccc1)NC(C)=O. The lowest BCUT2D eigenvalue weighted by molar-refractivity contribution is -0.117. The molecule has 2 amide bonds. The number of nitrogens with zero attached hydrogens (tertiary/aromatic N) is 1. The monoisotopic (exact) mass is 366 g/mol. The molecule has 0 saturated heterocycles. The maximum atomic E-state index is 12.9. The summed E-state index contributed by atoms with van der Waals surface area (Å²) < 4.78 is 24.1. The molecule has 0 aliphatic heterocycles. The van der Waals surface area contributed by atoms with Gasteiger partial charge < -0.3 is 4.74 Å². The summed E-state index contributed by atoms with van der Waals surface area (Å²) in [7, 11) is -3.23. The molecule has 3 atom stereocenters. The van der Waals surface area contributed by atoms with Crippen molar-refractivity contribution in [2.45, 2.75) is 40.2 Å². The Morgan fingerprint density at radius 2 is 1.92 bits per heavy atom. The van der Waals surface area contributed by atoms with E-state index in [2.05, 4.69) is 9.08 Å². The largest absolute Gasteiger partial charge is 0.443 e. The molecule has 1 aromatic carbocycles. The van der Waals surface area contributed by atoms with Crippen molar-refractivity contribution in [2.24, 2.45) is 10.3 Å². The molecule has 6 nitrogen and oxygen atoms in total. The second-order valence-corrected chi connectivity index (χ2v) is 7.90. The second-order valence-electron chi connectivity index (χ2n) is 5.90. The Morgan fingerprint density at radius 3 is 2.48 bits per heavy atom. The van der Waals surface area contributed by atoms with Crippen LogP contribution in [0.25, 0.3) is 0 Å². The van der Waals surface area contributed by atoms with Crippen LogP contribution in [0.4, 0.5) is 4.79 Å². The number of ether oxygens (including phenoxy) is 1. The lowest BCUT2D eigenvalue weighted by Crippen LogP contribution is -2.33. The summed E-state index contributed by atoms with van der Waals surface area (Å²) in [5, 5.41) is 0. The van der Waals surface area contributed by atoms with Gasteiger partial charge in [0, 0.05) is 6.92 Å². The minimum absolute atomic E-state index is 0.0151. The van der Waals surface area contributed by atoms with Gasteiger partial charge in [0.15, 0.2) is 0 Å². The number of amides is 2. The van der Waals surface area contributed by atoms with Crippen LogP contribution in [0.2, 0.25) is 0 Å². The Kier molecular flexibility index (Phi) is 8.34. The van der Waals surface area contributed by atoms with Crippen molar-refractivity contribution in [2.75, 3.05) is 5.75 Å². The highest BCUT2D eigenvalue weighted by Crippen LogP contribution is 2.17. The van der Waals surface area contributed by atoms with Gasteiger partial charge in [-0.25, -0.2) is 9.00 Å². The maximum Gasteiger partial charge on any atom is 0.443 e. The van der Waals surface area contributed by atoms with Crippen molar-refractivity contribution >= 4 is 21.9 Å². The van der Waals surface area contributed by atoms with Crippen LogP contribution >= 0.6 is 0 Å². The Balaban J connectivity index is 2.91. The summed E-state index contributed by atoms with van der Waals surface area (Å²) in [6.45, 7) is 6.72. The van der Waals surface area contributed by atoms with Gasteiger partial charge in [-0.2, -0.15) is 0 Å². The lowest BCUT2D eigenvalue weighted by atomic mass is 10.1. The van der Waals surface area contributed by atoms with E-state index in [4.69, 9.17) is 4.74 Å². The Morgan fingerprint density at radius 1 is 1.28 bits per heavy atom. The van der Waals surface area contributed by atoms with Gasteiger partial charge in [-0.3, -0.25) is 9.52 Å². The van der Waals surface area contributed by atoms with Gasteiger partial charge in [0.25, 0.3) is 0 Å². The molecular weight excluding hydrogens is 340 g/mol. The van der Waals surface area contributed by atoms with Crippen LogP contribution in [-0.2, 0) is 19.4 Å². The average Bonchev–Trinajstić information content (AvgIpc) is 2.52. The summed E-state index contributed by atoms with van der Waals surface area (Å²) >= 11 is 0. The van der Waals surface area contributed by atoms with Crippen LogP contribution in [0.3, 0.4) is 0 Å². The predicted molar refractivity (Wildman–Crippen MR) is 99.2 cm³/mol. The van der Waals surface area contributed by atoms with Gasteiger partial charge in [-0.1, -0.05) is 49.4 Å². The van der Waals surface area contributed by atoms with E-state index in [0.717, 1.165) is 5.56 Å². The normalized spacial score (nSPS) is 15.8. The summed E-state index contributed by atoms with van der Waals surface area (Å²) in [6, 6.07) is 9.17. The van der Waals surface area contributed by atoms with E-state index in [0.29, 0.717) is 6.42 Å². The molecule has 0 fully saturated rings. The summed E-state index contributed by atoms with van der Waals surface area (Å²) in [4.78, 5) is 23.4. The van der Waals surface area contributed by atoms with Crippen molar-refractivity contribution in [3.8, 4) is 0 Å². The highest BCUT2D eigenvalue weighted by Gasteiger charge is 2.19. The Bertz CT molecular complexity index is 722. The minimum atomic E-state index is -3.23. The fourth-order valence-electron chi connectivity index (χ4n) is 2.23. The fraction of sp³-hybridized carbons (Fsp3) is 0.444. The molecule has 0 heterocycles. The number of nitrogens with one attached hydrogen (secondary N) is 1. The van der Waals surface area contributed by atoms with E-state index in [1.165, 1.54) is 6.92 Å². The number of hydrogen-bond donors (Lipinski definition) is 1. The van der Waals surface area contributed by atoms with Crippen molar-refractivity contribution in [1.82, 2.24) is 4.72 Å². The van der Waals surface area contributed by atoms with Crippen LogP contribution in [0, 0.1) is 5.92 Å². The molecule has 25 heavy (non-hydrogen) atoms. The zero-order chi connectivity index (χ0) is 18.9. The molecule has 0 saturated carbocycles. The molecule has 0 aliphatic rings. The van der Waals surface area contributed by atoms with Crippen molar-refractivity contribution in [1.29, 1.82) is 0 Å². The highest BCUT2D eigenvalue weighted by atomic mass is 32.2. The van der Waals surface area contributed by atoms with Crippen molar-refractivity contribution in [3.05, 3.63) is 48.0 Å². The minimum Gasteiger partial charge on any atom is -0.440 e. The first kappa shape index (κ1) is 20.9. The van der Waals surface area contributed by atoms with E-state index in [1.54, 1.807) is 6.92 Å². The van der Waals surface area contributed by atoms with Crippen molar-refractivity contribution < 1.29 is 18.5 Å². The third-order valence-electron chi connectivity index (χ3n) is 3.36. The molecule has 138 valence electrons. The van der Waals surface area contributed by atoms with Crippen LogP contribution in [0.5, 0.6) is 0 Å². The molecule has 0 radical (unpaired) electrons. The van der Waals surface area contributed by atoms with Crippen LogP contribution in [0.15, 0.2) is 46.8 Å². The summed E-state index contributed by atoms with van der Waals surface area (Å²) in [5.74, 6) is -0.444. The molecule has 0 aliphatic carbocycles. The molecule has 0 bridgehead atoms. The molecule has 1 N–H and O–H groups in total. The second kappa shape index (κ2) is 9.98. The molecule has 3 unspecified atom stereocenters. The van der Waals surface area contributed by atoms with Gasteiger partial charge in [0.2, 0.25) is 5.91 Å². The molecule has 0 spiro atoms. The van der Waals surface area contributed by atoms with Gasteiger partial charge >= 0.3 is 6.09 Å². The van der Waals surface area contributed by atoms with Gasteiger partial charge in [-0.15, -0.1) is 4.36 Å². The van der Waals surface area contributed by atoms with Crippen LogP contribution in [0.1, 0.15) is 45.8 Å². The molecule has 1 aromatic rings. The zero-order valence-corrected chi connectivity index (χ0v) is 15.9. The average molecular weight is 366 g/mol. The van der Waals surface area contributed by atoms with Crippen LogP contribution in [-0.4, -0.2) is 22.0 Å². The number of rotatable bonds is 7. The van der Waals surface area contributed by atoms with Gasteiger partial charge in [0.1, 0.15) is 16.0 Å². The quantitative estimate of drug-likeness (QED) is 0.739. The summed E-state index contributed by atoms with van der Waals surface area (Å²) in [5.41, 5.74) is 0.804. The van der Waals surface area contributed by atoms with E-state index in [-0.39, 0.29) is 11.7 Å². The van der Waals surface area contributed by atoms with Crippen LogP contribution < -0.4 is 4.72 Å². The first-order valence-electron chi connectivity index (χ1n) is 8.15. The van der Waals surface area contributed by atoms with E-state index < -0.39 is 28.0 Å². The first-order chi connectivity index (χ1) is 11.8. The highest BCUT2D eigenvalue weighted by molar-refractivity contribution is 7.92. The smallest absolute Gasteiger partial charge is 0.440 e. The molecule has 7 heteroatoms.